The molecule has 2 N–H and O–H groups in total. The molecule has 0 spiro atoms. The second-order valence-electron chi connectivity index (χ2n) is 3.66. The first kappa shape index (κ1) is 10.3. The summed E-state index contributed by atoms with van der Waals surface area (Å²) in [4.78, 5) is 4.14. The second kappa shape index (κ2) is 3.92. The van der Waals surface area contributed by atoms with E-state index in [-0.39, 0.29) is 5.54 Å². The summed E-state index contributed by atoms with van der Waals surface area (Å²) < 4.78 is 2.20. The summed E-state index contributed by atoms with van der Waals surface area (Å²) >= 11 is 0. The van der Waals surface area contributed by atoms with Gasteiger partial charge in [-0.3, -0.25) is 0 Å². The molecular weight excluding hydrogens is 162 g/mol. The first-order valence-electron chi connectivity index (χ1n) is 4.89. The first-order chi connectivity index (χ1) is 6.18. The van der Waals surface area contributed by atoms with Gasteiger partial charge in [-0.15, -0.1) is 0 Å². The SMILES string of the molecule is CCC(C)(CC)n1cncc1CN. The maximum atomic E-state index is 5.64. The molecule has 1 aromatic rings. The minimum absolute atomic E-state index is 0.172. The molecule has 0 saturated carbocycles. The number of nitrogens with zero attached hydrogens (tertiary/aromatic N) is 2. The van der Waals surface area contributed by atoms with Gasteiger partial charge >= 0.3 is 0 Å². The highest BCUT2D eigenvalue weighted by Gasteiger charge is 2.23. The summed E-state index contributed by atoms with van der Waals surface area (Å²) in [7, 11) is 0. The Labute approximate surface area is 80.0 Å². The van der Waals surface area contributed by atoms with E-state index < -0.39 is 0 Å². The molecule has 0 atom stereocenters. The zero-order valence-electron chi connectivity index (χ0n) is 8.75. The van der Waals surface area contributed by atoms with Crippen molar-refractivity contribution < 1.29 is 0 Å². The molecule has 0 fully saturated rings. The van der Waals surface area contributed by atoms with Crippen molar-refractivity contribution in [3.63, 3.8) is 0 Å². The highest BCUT2D eigenvalue weighted by atomic mass is 15.1. The number of rotatable bonds is 4. The van der Waals surface area contributed by atoms with Gasteiger partial charge in [0.15, 0.2) is 0 Å². The van der Waals surface area contributed by atoms with E-state index in [1.165, 1.54) is 0 Å². The van der Waals surface area contributed by atoms with Crippen LogP contribution in [0.15, 0.2) is 12.5 Å². The van der Waals surface area contributed by atoms with E-state index in [1.807, 2.05) is 12.5 Å². The molecule has 0 aromatic carbocycles. The van der Waals surface area contributed by atoms with Crippen LogP contribution in [0.5, 0.6) is 0 Å². The molecule has 0 aliphatic carbocycles. The standard InChI is InChI=1S/C10H19N3/c1-4-10(3,5-2)13-8-12-7-9(13)6-11/h7-8H,4-6,11H2,1-3H3. The van der Waals surface area contributed by atoms with Gasteiger partial charge in [-0.25, -0.2) is 4.98 Å². The quantitative estimate of drug-likeness (QED) is 0.770. The fourth-order valence-electron chi connectivity index (χ4n) is 1.55. The van der Waals surface area contributed by atoms with Gasteiger partial charge in [0.25, 0.3) is 0 Å². The van der Waals surface area contributed by atoms with Crippen molar-refractivity contribution in [2.75, 3.05) is 0 Å². The van der Waals surface area contributed by atoms with Gasteiger partial charge < -0.3 is 10.3 Å². The Bertz CT molecular complexity index is 261. The number of aromatic nitrogens is 2. The Morgan fingerprint density at radius 1 is 1.46 bits per heavy atom. The zero-order chi connectivity index (χ0) is 9.90. The number of imidazole rings is 1. The van der Waals surface area contributed by atoms with Crippen molar-refractivity contribution in [3.05, 3.63) is 18.2 Å². The van der Waals surface area contributed by atoms with Gasteiger partial charge in [-0.1, -0.05) is 13.8 Å². The Kier molecular flexibility index (Phi) is 3.09. The molecule has 13 heavy (non-hydrogen) atoms. The molecule has 1 aromatic heterocycles. The lowest BCUT2D eigenvalue weighted by Gasteiger charge is -2.30. The summed E-state index contributed by atoms with van der Waals surface area (Å²) in [6.45, 7) is 7.21. The van der Waals surface area contributed by atoms with Crippen LogP contribution in [0.1, 0.15) is 39.3 Å². The van der Waals surface area contributed by atoms with Gasteiger partial charge in [-0.05, 0) is 19.8 Å². The first-order valence-corrected chi connectivity index (χ1v) is 4.89. The largest absolute Gasteiger partial charge is 0.328 e. The van der Waals surface area contributed by atoms with Crippen LogP contribution >= 0.6 is 0 Å². The molecule has 0 amide bonds. The predicted octanol–water partition coefficient (Wildman–Crippen LogP) is 1.88. The maximum Gasteiger partial charge on any atom is 0.0953 e. The topological polar surface area (TPSA) is 43.8 Å². The van der Waals surface area contributed by atoms with Crippen LogP contribution in [-0.2, 0) is 12.1 Å². The van der Waals surface area contributed by atoms with Gasteiger partial charge in [-0.2, -0.15) is 0 Å². The third-order valence-corrected chi connectivity index (χ3v) is 3.03. The molecule has 0 unspecified atom stereocenters. The van der Waals surface area contributed by atoms with Gasteiger partial charge in [0.1, 0.15) is 0 Å². The molecule has 0 bridgehead atoms. The second-order valence-corrected chi connectivity index (χ2v) is 3.66. The summed E-state index contributed by atoms with van der Waals surface area (Å²) in [5.74, 6) is 0. The monoisotopic (exact) mass is 181 g/mol. The average molecular weight is 181 g/mol. The van der Waals surface area contributed by atoms with E-state index in [0.717, 1.165) is 18.5 Å². The fraction of sp³-hybridized carbons (Fsp3) is 0.700. The minimum Gasteiger partial charge on any atom is -0.328 e. The van der Waals surface area contributed by atoms with Crippen LogP contribution in [-0.4, -0.2) is 9.55 Å². The van der Waals surface area contributed by atoms with E-state index in [9.17, 15) is 0 Å². The molecule has 0 aliphatic rings. The number of nitrogens with two attached hydrogens (primary N) is 1. The third kappa shape index (κ3) is 1.75. The minimum atomic E-state index is 0.172. The fourth-order valence-corrected chi connectivity index (χ4v) is 1.55. The highest BCUT2D eigenvalue weighted by molar-refractivity contribution is 5.02. The predicted molar refractivity (Wildman–Crippen MR) is 54.3 cm³/mol. The van der Waals surface area contributed by atoms with Crippen LogP contribution in [0.4, 0.5) is 0 Å². The molecule has 0 aliphatic heterocycles. The molecule has 3 heteroatoms. The maximum absolute atomic E-state index is 5.64. The Hall–Kier alpha value is -0.830. The van der Waals surface area contributed by atoms with Crippen LogP contribution in [0.25, 0.3) is 0 Å². The summed E-state index contributed by atoms with van der Waals surface area (Å²) in [6, 6.07) is 0. The molecule has 1 rings (SSSR count). The Morgan fingerprint density at radius 2 is 2.08 bits per heavy atom. The highest BCUT2D eigenvalue weighted by Crippen LogP contribution is 2.25. The Morgan fingerprint density at radius 3 is 2.54 bits per heavy atom. The smallest absolute Gasteiger partial charge is 0.0953 e. The van der Waals surface area contributed by atoms with Gasteiger partial charge in [0.2, 0.25) is 0 Å². The van der Waals surface area contributed by atoms with Crippen LogP contribution < -0.4 is 5.73 Å². The number of hydrogen-bond donors (Lipinski definition) is 1. The van der Waals surface area contributed by atoms with Crippen molar-refractivity contribution in [2.24, 2.45) is 5.73 Å². The van der Waals surface area contributed by atoms with Crippen molar-refractivity contribution in [1.29, 1.82) is 0 Å². The van der Waals surface area contributed by atoms with Crippen LogP contribution in [0.2, 0.25) is 0 Å². The molecule has 0 saturated heterocycles. The van der Waals surface area contributed by atoms with Crippen molar-refractivity contribution >= 4 is 0 Å². The van der Waals surface area contributed by atoms with E-state index in [1.54, 1.807) is 0 Å². The lowest BCUT2D eigenvalue weighted by Crippen LogP contribution is -2.30. The molecule has 0 radical (unpaired) electrons. The van der Waals surface area contributed by atoms with E-state index in [2.05, 4.69) is 30.3 Å². The van der Waals surface area contributed by atoms with E-state index >= 15 is 0 Å². The van der Waals surface area contributed by atoms with Crippen LogP contribution in [0.3, 0.4) is 0 Å². The molecule has 3 nitrogen and oxygen atoms in total. The van der Waals surface area contributed by atoms with Crippen molar-refractivity contribution in [1.82, 2.24) is 9.55 Å². The van der Waals surface area contributed by atoms with Crippen molar-refractivity contribution in [3.8, 4) is 0 Å². The molecule has 1 heterocycles. The van der Waals surface area contributed by atoms with E-state index in [0.29, 0.717) is 6.54 Å². The van der Waals surface area contributed by atoms with Crippen LogP contribution in [0, 0.1) is 0 Å². The lowest BCUT2D eigenvalue weighted by atomic mass is 9.95. The molecular formula is C10H19N3. The van der Waals surface area contributed by atoms with Crippen molar-refractivity contribution in [2.45, 2.75) is 45.7 Å². The number of hydrogen-bond acceptors (Lipinski definition) is 2. The van der Waals surface area contributed by atoms with Gasteiger partial charge in [0.05, 0.1) is 12.0 Å². The zero-order valence-corrected chi connectivity index (χ0v) is 8.75. The van der Waals surface area contributed by atoms with E-state index in [4.69, 9.17) is 5.73 Å². The average Bonchev–Trinajstić information content (AvgIpc) is 2.65. The summed E-state index contributed by atoms with van der Waals surface area (Å²) in [5, 5.41) is 0. The summed E-state index contributed by atoms with van der Waals surface area (Å²) in [6.07, 6.45) is 5.94. The Balaban J connectivity index is 3.03. The third-order valence-electron chi connectivity index (χ3n) is 3.03. The molecule has 74 valence electrons. The summed E-state index contributed by atoms with van der Waals surface area (Å²) in [5.41, 5.74) is 6.93. The lowest BCUT2D eigenvalue weighted by molar-refractivity contribution is 0.286. The van der Waals surface area contributed by atoms with Gasteiger partial charge in [0, 0.05) is 18.3 Å². The normalized spacial score (nSPS) is 12.0.